The van der Waals surface area contributed by atoms with Crippen LogP contribution in [0.25, 0.3) is 0 Å². The maximum atomic E-state index is 13.0. The Morgan fingerprint density at radius 2 is 1.70 bits per heavy atom. The molecule has 10 heteroatoms. The van der Waals surface area contributed by atoms with E-state index in [1.165, 1.54) is 19.2 Å². The van der Waals surface area contributed by atoms with Crippen molar-refractivity contribution in [2.75, 3.05) is 19.0 Å². The van der Waals surface area contributed by atoms with Crippen molar-refractivity contribution in [2.45, 2.75) is 6.10 Å². The highest BCUT2D eigenvalue weighted by molar-refractivity contribution is 6.34. The lowest BCUT2D eigenvalue weighted by atomic mass is 10.1. The fourth-order valence-corrected chi connectivity index (χ4v) is 3.08. The van der Waals surface area contributed by atoms with Gasteiger partial charge in [-0.2, -0.15) is 0 Å². The normalized spacial score (nSPS) is 11.2. The predicted octanol–water partition coefficient (Wildman–Crippen LogP) is 4.56. The van der Waals surface area contributed by atoms with Crippen LogP contribution in [0.3, 0.4) is 0 Å². The summed E-state index contributed by atoms with van der Waals surface area (Å²) >= 11 is 6.06. The number of ether oxygens (including phenoxy) is 3. The molecule has 3 aromatic rings. The number of para-hydroxylation sites is 2. The van der Waals surface area contributed by atoms with Crippen LogP contribution in [-0.4, -0.2) is 30.5 Å². The fourth-order valence-electron chi connectivity index (χ4n) is 2.86. The van der Waals surface area contributed by atoms with Gasteiger partial charge < -0.3 is 19.5 Å². The number of nitro benzene ring substituents is 1. The van der Waals surface area contributed by atoms with Gasteiger partial charge in [0.1, 0.15) is 0 Å². The van der Waals surface area contributed by atoms with Crippen molar-refractivity contribution in [3.8, 4) is 11.5 Å². The Morgan fingerprint density at radius 3 is 2.33 bits per heavy atom. The molecule has 0 saturated carbocycles. The number of amides is 1. The summed E-state index contributed by atoms with van der Waals surface area (Å²) in [4.78, 5) is 35.7. The zero-order valence-electron chi connectivity index (χ0n) is 17.4. The summed E-state index contributed by atoms with van der Waals surface area (Å²) in [6.07, 6.45) is -1.31. The van der Waals surface area contributed by atoms with Gasteiger partial charge in [0.05, 0.1) is 22.7 Å². The van der Waals surface area contributed by atoms with Gasteiger partial charge in [0.25, 0.3) is 11.6 Å². The second-order valence-corrected chi connectivity index (χ2v) is 7.04. The van der Waals surface area contributed by atoms with Crippen LogP contribution in [-0.2, 0) is 14.3 Å². The van der Waals surface area contributed by atoms with E-state index in [9.17, 15) is 19.7 Å². The number of halogens is 1. The average molecular weight is 471 g/mol. The zero-order valence-corrected chi connectivity index (χ0v) is 18.2. The number of benzene rings is 3. The standard InChI is InChI=1S/C23H19ClN2O7/c1-31-19-9-5-6-10-20(19)32-14-21(27)33-22(15-7-3-2-4-8-15)23(28)25-18-12-11-16(26(29)30)13-17(18)24/h2-13,22H,14H2,1H3,(H,25,28). The lowest BCUT2D eigenvalue weighted by molar-refractivity contribution is -0.384. The van der Waals surface area contributed by atoms with Crippen LogP contribution in [0.1, 0.15) is 11.7 Å². The number of carbonyl (C=O) groups is 2. The van der Waals surface area contributed by atoms with E-state index in [1.54, 1.807) is 54.6 Å². The van der Waals surface area contributed by atoms with Crippen molar-refractivity contribution in [1.82, 2.24) is 0 Å². The summed E-state index contributed by atoms with van der Waals surface area (Å²) in [7, 11) is 1.47. The number of methoxy groups -OCH3 is 1. The highest BCUT2D eigenvalue weighted by Crippen LogP contribution is 2.29. The van der Waals surface area contributed by atoms with E-state index in [0.29, 0.717) is 17.1 Å². The molecule has 1 N–H and O–H groups in total. The Kier molecular flexibility index (Phi) is 7.82. The van der Waals surface area contributed by atoms with Gasteiger partial charge in [0.2, 0.25) is 6.10 Å². The Balaban J connectivity index is 1.74. The lowest BCUT2D eigenvalue weighted by Crippen LogP contribution is -2.28. The second kappa shape index (κ2) is 11.0. The van der Waals surface area contributed by atoms with Crippen molar-refractivity contribution in [3.63, 3.8) is 0 Å². The van der Waals surface area contributed by atoms with Crippen molar-refractivity contribution < 1.29 is 28.7 Å². The Labute approximate surface area is 194 Å². The van der Waals surface area contributed by atoms with Crippen LogP contribution >= 0.6 is 11.6 Å². The SMILES string of the molecule is COc1ccccc1OCC(=O)OC(C(=O)Nc1ccc([N+](=O)[O-])cc1Cl)c1ccccc1. The molecule has 1 unspecified atom stereocenters. The number of hydrogen-bond donors (Lipinski definition) is 1. The van der Waals surface area contributed by atoms with Gasteiger partial charge in [-0.25, -0.2) is 4.79 Å². The van der Waals surface area contributed by atoms with Crippen LogP contribution in [0.5, 0.6) is 11.5 Å². The highest BCUT2D eigenvalue weighted by Gasteiger charge is 2.26. The molecule has 3 rings (SSSR count). The maximum absolute atomic E-state index is 13.0. The molecule has 0 saturated heterocycles. The van der Waals surface area contributed by atoms with E-state index >= 15 is 0 Å². The third-order valence-electron chi connectivity index (χ3n) is 4.43. The smallest absolute Gasteiger partial charge is 0.345 e. The van der Waals surface area contributed by atoms with Crippen LogP contribution in [0.4, 0.5) is 11.4 Å². The first kappa shape index (κ1) is 23.6. The molecule has 0 spiro atoms. The summed E-state index contributed by atoms with van der Waals surface area (Å²) in [6.45, 7) is -0.463. The van der Waals surface area contributed by atoms with Gasteiger partial charge in [-0.3, -0.25) is 14.9 Å². The number of carbonyl (C=O) groups excluding carboxylic acids is 2. The summed E-state index contributed by atoms with van der Waals surface area (Å²) in [5.74, 6) is -0.701. The molecule has 1 amide bonds. The molecule has 0 aromatic heterocycles. The lowest BCUT2D eigenvalue weighted by Gasteiger charge is -2.19. The number of anilines is 1. The van der Waals surface area contributed by atoms with E-state index < -0.39 is 29.5 Å². The van der Waals surface area contributed by atoms with Gasteiger partial charge >= 0.3 is 5.97 Å². The number of non-ortho nitro benzene ring substituents is 1. The molecule has 0 bridgehead atoms. The number of nitro groups is 1. The van der Waals surface area contributed by atoms with Gasteiger partial charge in [-0.05, 0) is 18.2 Å². The summed E-state index contributed by atoms with van der Waals surface area (Å²) in [5, 5.41) is 13.4. The number of esters is 1. The molecule has 0 aliphatic rings. The van der Waals surface area contributed by atoms with E-state index in [2.05, 4.69) is 5.32 Å². The minimum Gasteiger partial charge on any atom is -0.493 e. The molecular weight excluding hydrogens is 452 g/mol. The van der Waals surface area contributed by atoms with E-state index in [4.69, 9.17) is 25.8 Å². The fraction of sp³-hybridized carbons (Fsp3) is 0.130. The summed E-state index contributed by atoms with van der Waals surface area (Å²) < 4.78 is 16.0. The molecule has 1 atom stereocenters. The highest BCUT2D eigenvalue weighted by atomic mass is 35.5. The Morgan fingerprint density at radius 1 is 1.03 bits per heavy atom. The largest absolute Gasteiger partial charge is 0.493 e. The molecule has 0 radical (unpaired) electrons. The third kappa shape index (κ3) is 6.20. The van der Waals surface area contributed by atoms with E-state index in [1.807, 2.05) is 0 Å². The van der Waals surface area contributed by atoms with Crippen molar-refractivity contribution in [2.24, 2.45) is 0 Å². The van der Waals surface area contributed by atoms with Gasteiger partial charge in [0, 0.05) is 17.7 Å². The van der Waals surface area contributed by atoms with Crippen molar-refractivity contribution in [3.05, 3.63) is 93.5 Å². The van der Waals surface area contributed by atoms with Gasteiger partial charge in [-0.1, -0.05) is 54.1 Å². The molecular formula is C23H19ClN2O7. The van der Waals surface area contributed by atoms with Gasteiger partial charge in [-0.15, -0.1) is 0 Å². The minimum absolute atomic E-state index is 0.0322. The first-order valence-corrected chi connectivity index (χ1v) is 10.0. The van der Waals surface area contributed by atoms with Gasteiger partial charge in [0.15, 0.2) is 18.1 Å². The molecule has 170 valence electrons. The maximum Gasteiger partial charge on any atom is 0.345 e. The third-order valence-corrected chi connectivity index (χ3v) is 4.74. The summed E-state index contributed by atoms with van der Waals surface area (Å²) in [6, 6.07) is 18.8. The Bertz CT molecular complexity index is 1150. The number of nitrogens with zero attached hydrogens (tertiary/aromatic N) is 1. The van der Waals surface area contributed by atoms with E-state index in [-0.39, 0.29) is 16.4 Å². The van der Waals surface area contributed by atoms with Crippen LogP contribution in [0, 0.1) is 10.1 Å². The predicted molar refractivity (Wildman–Crippen MR) is 121 cm³/mol. The number of rotatable bonds is 9. The molecule has 0 heterocycles. The summed E-state index contributed by atoms with van der Waals surface area (Å²) in [5.41, 5.74) is 0.325. The topological polar surface area (TPSA) is 117 Å². The minimum atomic E-state index is -1.31. The monoisotopic (exact) mass is 470 g/mol. The Hall–Kier alpha value is -4.11. The van der Waals surface area contributed by atoms with Crippen LogP contribution in [0.2, 0.25) is 5.02 Å². The molecule has 9 nitrogen and oxygen atoms in total. The molecule has 0 aliphatic carbocycles. The zero-order chi connectivity index (χ0) is 23.8. The average Bonchev–Trinajstić information content (AvgIpc) is 2.83. The van der Waals surface area contributed by atoms with Crippen molar-refractivity contribution >= 4 is 34.9 Å². The molecule has 33 heavy (non-hydrogen) atoms. The second-order valence-electron chi connectivity index (χ2n) is 6.63. The molecule has 0 fully saturated rings. The van der Waals surface area contributed by atoms with E-state index in [0.717, 1.165) is 6.07 Å². The van der Waals surface area contributed by atoms with Crippen molar-refractivity contribution in [1.29, 1.82) is 0 Å². The molecule has 3 aromatic carbocycles. The van der Waals surface area contributed by atoms with Crippen LogP contribution < -0.4 is 14.8 Å². The number of nitrogens with one attached hydrogen (secondary N) is 1. The quantitative estimate of drug-likeness (QED) is 0.277. The van der Waals surface area contributed by atoms with Crippen LogP contribution in [0.15, 0.2) is 72.8 Å². The number of hydrogen-bond acceptors (Lipinski definition) is 7. The first-order valence-electron chi connectivity index (χ1n) is 9.64. The first-order chi connectivity index (χ1) is 15.9. The molecule has 0 aliphatic heterocycles.